The maximum atomic E-state index is 14.0. The number of amides is 1. The number of aliphatic imine (C=N–C) groups is 1. The fourth-order valence-electron chi connectivity index (χ4n) is 7.22. The number of fused-ring (bicyclic) bond motifs is 2. The zero-order valence-corrected chi connectivity index (χ0v) is 21.0. The standard InChI is InChI=1S/C28H40N6O/c1-18(2)13-24-25-23-16-33-28(24,14-21(23)17-34(25)12-6-11-31-27(29)30)26(35)32-15-20-9-5-8-19-7-3-4-10-22(19)20/h3-5,7-10,18,21,23-25,33H,6,11-17H2,1-2H3,(H,32,35)(H4,29,30,31)/t21?,23?,24?,25-,28?/m0/s1. The van der Waals surface area contributed by atoms with Gasteiger partial charge < -0.3 is 22.1 Å². The minimum absolute atomic E-state index is 0.160. The van der Waals surface area contributed by atoms with Crippen LogP contribution in [0.3, 0.4) is 0 Å². The third-order valence-electron chi connectivity index (χ3n) is 8.57. The van der Waals surface area contributed by atoms with E-state index in [2.05, 4.69) is 76.8 Å². The second-order valence-corrected chi connectivity index (χ2v) is 11.2. The molecule has 7 nitrogen and oxygen atoms in total. The fraction of sp³-hybridized carbons (Fsp3) is 0.571. The topological polar surface area (TPSA) is 109 Å². The summed E-state index contributed by atoms with van der Waals surface area (Å²) in [5, 5.41) is 9.55. The van der Waals surface area contributed by atoms with Crippen molar-refractivity contribution in [3.63, 3.8) is 0 Å². The van der Waals surface area contributed by atoms with Crippen molar-refractivity contribution in [2.24, 2.45) is 40.1 Å². The molecule has 0 radical (unpaired) electrons. The van der Waals surface area contributed by atoms with Gasteiger partial charge in [-0.15, -0.1) is 0 Å². The number of hydrogen-bond acceptors (Lipinski definition) is 4. The molecule has 4 unspecified atom stereocenters. The van der Waals surface area contributed by atoms with E-state index in [9.17, 15) is 4.79 Å². The zero-order valence-electron chi connectivity index (χ0n) is 21.0. The molecule has 5 atom stereocenters. The van der Waals surface area contributed by atoms with E-state index in [-0.39, 0.29) is 11.9 Å². The molecule has 1 saturated carbocycles. The first-order valence-electron chi connectivity index (χ1n) is 13.2. The lowest BCUT2D eigenvalue weighted by molar-refractivity contribution is -0.139. The summed E-state index contributed by atoms with van der Waals surface area (Å²) in [6, 6.07) is 15.2. The van der Waals surface area contributed by atoms with E-state index in [1.807, 2.05) is 0 Å². The van der Waals surface area contributed by atoms with Crippen LogP contribution < -0.4 is 22.1 Å². The summed E-state index contributed by atoms with van der Waals surface area (Å²) in [5.74, 6) is 2.35. The van der Waals surface area contributed by atoms with E-state index in [1.165, 1.54) is 16.3 Å². The average molecular weight is 477 g/mol. The Hall–Kier alpha value is -2.64. The quantitative estimate of drug-likeness (QED) is 0.253. The molecule has 35 heavy (non-hydrogen) atoms. The second-order valence-electron chi connectivity index (χ2n) is 11.2. The first-order valence-corrected chi connectivity index (χ1v) is 13.2. The predicted octanol–water partition coefficient (Wildman–Crippen LogP) is 2.44. The minimum Gasteiger partial charge on any atom is -0.370 e. The summed E-state index contributed by atoms with van der Waals surface area (Å²) in [7, 11) is 0. The number of nitrogens with two attached hydrogens (primary N) is 2. The van der Waals surface area contributed by atoms with Gasteiger partial charge >= 0.3 is 0 Å². The highest BCUT2D eigenvalue weighted by Crippen LogP contribution is 2.53. The van der Waals surface area contributed by atoms with Crippen LogP contribution in [-0.2, 0) is 11.3 Å². The van der Waals surface area contributed by atoms with Gasteiger partial charge in [-0.1, -0.05) is 56.3 Å². The molecule has 1 aliphatic carbocycles. The molecule has 4 bridgehead atoms. The van der Waals surface area contributed by atoms with Crippen LogP contribution in [-0.4, -0.2) is 54.5 Å². The summed E-state index contributed by atoms with van der Waals surface area (Å²) in [6.07, 6.45) is 2.92. The molecule has 6 N–H and O–H groups in total. The van der Waals surface area contributed by atoms with Crippen molar-refractivity contribution in [1.29, 1.82) is 0 Å². The predicted molar refractivity (Wildman–Crippen MR) is 142 cm³/mol. The van der Waals surface area contributed by atoms with Crippen LogP contribution >= 0.6 is 0 Å². The Morgan fingerprint density at radius 3 is 2.83 bits per heavy atom. The summed E-state index contributed by atoms with van der Waals surface area (Å²) in [4.78, 5) is 20.8. The van der Waals surface area contributed by atoms with Gasteiger partial charge in [0.05, 0.1) is 0 Å². The van der Waals surface area contributed by atoms with Gasteiger partial charge in [-0.3, -0.25) is 14.7 Å². The number of carbonyl (C=O) groups is 1. The number of benzene rings is 2. The van der Waals surface area contributed by atoms with E-state index in [0.29, 0.717) is 42.8 Å². The molecular weight excluding hydrogens is 436 g/mol. The van der Waals surface area contributed by atoms with Gasteiger partial charge in [0.2, 0.25) is 5.91 Å². The molecule has 2 aromatic rings. The third-order valence-corrected chi connectivity index (χ3v) is 8.57. The number of rotatable bonds is 9. The van der Waals surface area contributed by atoms with Gasteiger partial charge in [0.25, 0.3) is 0 Å². The molecule has 4 aliphatic rings. The minimum atomic E-state index is -0.493. The first kappa shape index (κ1) is 24.1. The summed E-state index contributed by atoms with van der Waals surface area (Å²) >= 11 is 0. The number of piperidine rings is 2. The number of nitrogens with zero attached hydrogens (tertiary/aromatic N) is 2. The van der Waals surface area contributed by atoms with Crippen molar-refractivity contribution in [2.75, 3.05) is 26.2 Å². The molecule has 1 amide bonds. The Kier molecular flexibility index (Phi) is 6.73. The normalized spacial score (nSPS) is 29.6. The van der Waals surface area contributed by atoms with Crippen molar-refractivity contribution in [2.45, 2.75) is 51.2 Å². The SMILES string of the molecule is CC(C)CC1[C@@H]2C3CNC1(C(=O)NCc1cccc4ccccc14)CC3CN2CCCN=C(N)N. The van der Waals surface area contributed by atoms with Crippen molar-refractivity contribution < 1.29 is 4.79 Å². The van der Waals surface area contributed by atoms with E-state index in [1.54, 1.807) is 0 Å². The largest absolute Gasteiger partial charge is 0.370 e. The van der Waals surface area contributed by atoms with Crippen LogP contribution in [0, 0.1) is 23.7 Å². The van der Waals surface area contributed by atoms with Gasteiger partial charge in [-0.25, -0.2) is 0 Å². The van der Waals surface area contributed by atoms with Crippen molar-refractivity contribution in [3.05, 3.63) is 48.0 Å². The van der Waals surface area contributed by atoms with Crippen LogP contribution in [0.25, 0.3) is 10.8 Å². The second kappa shape index (κ2) is 9.78. The fourth-order valence-corrected chi connectivity index (χ4v) is 7.22. The van der Waals surface area contributed by atoms with E-state index in [0.717, 1.165) is 38.9 Å². The molecule has 0 aromatic heterocycles. The molecule has 3 aliphatic heterocycles. The van der Waals surface area contributed by atoms with Gasteiger partial charge in [-0.2, -0.15) is 0 Å². The molecule has 188 valence electrons. The van der Waals surface area contributed by atoms with Crippen LogP contribution in [0.1, 0.15) is 38.7 Å². The highest BCUT2D eigenvalue weighted by Gasteiger charge is 2.64. The molecule has 4 fully saturated rings. The lowest BCUT2D eigenvalue weighted by Gasteiger charge is -2.56. The summed E-state index contributed by atoms with van der Waals surface area (Å²) in [5.41, 5.74) is 11.7. The van der Waals surface area contributed by atoms with Crippen LogP contribution in [0.4, 0.5) is 0 Å². The van der Waals surface area contributed by atoms with Crippen molar-refractivity contribution >= 4 is 22.6 Å². The molecule has 6 rings (SSSR count). The molecule has 2 aromatic carbocycles. The van der Waals surface area contributed by atoms with Crippen LogP contribution in [0.15, 0.2) is 47.5 Å². The molecule has 3 saturated heterocycles. The third kappa shape index (κ3) is 4.52. The monoisotopic (exact) mass is 476 g/mol. The Labute approximate surface area is 208 Å². The number of guanidine groups is 1. The zero-order chi connectivity index (χ0) is 24.6. The van der Waals surface area contributed by atoms with Crippen LogP contribution in [0.5, 0.6) is 0 Å². The Morgan fingerprint density at radius 1 is 1.23 bits per heavy atom. The molecule has 7 heteroatoms. The Bertz CT molecular complexity index is 1090. The maximum absolute atomic E-state index is 14.0. The van der Waals surface area contributed by atoms with Gasteiger partial charge in [0.15, 0.2) is 5.96 Å². The van der Waals surface area contributed by atoms with E-state index < -0.39 is 5.54 Å². The molecule has 0 spiro atoms. The van der Waals surface area contributed by atoms with Gasteiger partial charge in [0.1, 0.15) is 5.54 Å². The highest BCUT2D eigenvalue weighted by atomic mass is 16.2. The first-order chi connectivity index (χ1) is 16.9. The lowest BCUT2D eigenvalue weighted by atomic mass is 9.57. The Balaban J connectivity index is 1.35. The highest BCUT2D eigenvalue weighted by molar-refractivity contribution is 5.89. The van der Waals surface area contributed by atoms with E-state index >= 15 is 0 Å². The van der Waals surface area contributed by atoms with E-state index in [4.69, 9.17) is 11.5 Å². The summed E-state index contributed by atoms with van der Waals surface area (Å²) < 4.78 is 0. The molecular formula is C28H40N6O. The summed E-state index contributed by atoms with van der Waals surface area (Å²) in [6.45, 7) is 8.75. The number of likely N-dealkylation sites (tertiary alicyclic amines) is 1. The van der Waals surface area contributed by atoms with Crippen molar-refractivity contribution in [1.82, 2.24) is 15.5 Å². The van der Waals surface area contributed by atoms with Crippen LogP contribution in [0.2, 0.25) is 0 Å². The number of hydrogen-bond donors (Lipinski definition) is 4. The van der Waals surface area contributed by atoms with Gasteiger partial charge in [-0.05, 0) is 53.4 Å². The smallest absolute Gasteiger partial charge is 0.240 e. The van der Waals surface area contributed by atoms with Crippen molar-refractivity contribution in [3.8, 4) is 0 Å². The number of carbonyl (C=O) groups excluding carboxylic acids is 1. The lowest BCUT2D eigenvalue weighted by Crippen LogP contribution is -2.74. The van der Waals surface area contributed by atoms with Gasteiger partial charge in [0, 0.05) is 44.7 Å². The molecule has 3 heterocycles. The average Bonchev–Trinajstić information content (AvgIpc) is 3.15. The maximum Gasteiger partial charge on any atom is 0.240 e. The Morgan fingerprint density at radius 2 is 2.03 bits per heavy atom. The number of nitrogens with one attached hydrogen (secondary N) is 2.